The highest BCUT2D eigenvalue weighted by Gasteiger charge is 2.29. The average Bonchev–Trinajstić information content (AvgIpc) is 2.85. The number of benzene rings is 1. The molecule has 2 aromatic rings. The van der Waals surface area contributed by atoms with E-state index in [-0.39, 0.29) is 11.8 Å². The number of anilines is 1. The van der Waals surface area contributed by atoms with Gasteiger partial charge in [0.2, 0.25) is 5.91 Å². The zero-order valence-electron chi connectivity index (χ0n) is 12.1. The number of nitrogens with one attached hydrogen (secondary N) is 1. The fraction of sp³-hybridized carbons (Fsp3) is 0.333. The minimum absolute atomic E-state index is 0.115. The molecule has 0 aliphatic heterocycles. The molecule has 2 rings (SSSR count). The molecule has 22 heavy (non-hydrogen) atoms. The molecule has 1 amide bonds. The summed E-state index contributed by atoms with van der Waals surface area (Å²) in [4.78, 5) is 16.5. The second kappa shape index (κ2) is 6.48. The average molecular weight is 328 g/mol. The quantitative estimate of drug-likeness (QED) is 0.907. The predicted molar refractivity (Wildman–Crippen MR) is 79.8 cm³/mol. The van der Waals surface area contributed by atoms with E-state index in [0.717, 1.165) is 22.6 Å². The molecule has 0 aliphatic rings. The zero-order valence-corrected chi connectivity index (χ0v) is 12.9. The lowest BCUT2D eigenvalue weighted by Gasteiger charge is -2.07. The Morgan fingerprint density at radius 1 is 1.27 bits per heavy atom. The van der Waals surface area contributed by atoms with Crippen LogP contribution in [0.1, 0.15) is 29.9 Å². The summed E-state index contributed by atoms with van der Waals surface area (Å²) in [5.74, 6) is -0.252. The number of halogens is 3. The summed E-state index contributed by atoms with van der Waals surface area (Å²) in [7, 11) is 0. The smallest absolute Gasteiger partial charge is 0.302 e. The highest BCUT2D eigenvalue weighted by Crippen LogP contribution is 2.29. The fourth-order valence-electron chi connectivity index (χ4n) is 1.71. The maximum absolute atomic E-state index is 12.5. The van der Waals surface area contributed by atoms with Crippen molar-refractivity contribution in [3.05, 3.63) is 46.5 Å². The molecule has 0 radical (unpaired) electrons. The highest BCUT2D eigenvalue weighted by atomic mass is 32.1. The van der Waals surface area contributed by atoms with Gasteiger partial charge in [0.05, 0.1) is 5.56 Å². The molecule has 118 valence electrons. The first kappa shape index (κ1) is 16.5. The summed E-state index contributed by atoms with van der Waals surface area (Å²) in [5, 5.41) is 3.20. The summed E-state index contributed by atoms with van der Waals surface area (Å²) in [6.07, 6.45) is -2.22. The molecule has 0 bridgehead atoms. The number of amides is 1. The molecule has 0 spiro atoms. The molecular formula is C15H15F3N2OS. The number of nitrogens with zero attached hydrogens (tertiary/aromatic N) is 1. The third-order valence-corrected chi connectivity index (χ3v) is 3.88. The molecule has 0 aliphatic carbocycles. The topological polar surface area (TPSA) is 42.0 Å². The van der Waals surface area contributed by atoms with Gasteiger partial charge in [0.15, 0.2) is 5.13 Å². The maximum Gasteiger partial charge on any atom is 0.416 e. The van der Waals surface area contributed by atoms with Gasteiger partial charge < -0.3 is 5.32 Å². The number of carbonyl (C=O) groups excluding carboxylic acids is 1. The van der Waals surface area contributed by atoms with Crippen LogP contribution in [0.4, 0.5) is 18.3 Å². The lowest BCUT2D eigenvalue weighted by Crippen LogP contribution is -2.17. The van der Waals surface area contributed by atoms with Gasteiger partial charge in [0.25, 0.3) is 0 Å². The summed E-state index contributed by atoms with van der Waals surface area (Å²) >= 11 is 1.32. The molecule has 3 nitrogen and oxygen atoms in total. The SMILES string of the molecule is CC(C)C(=O)Nc1ncc(Cc2ccc(C(F)(F)F)cc2)s1. The van der Waals surface area contributed by atoms with E-state index in [2.05, 4.69) is 10.3 Å². The van der Waals surface area contributed by atoms with Crippen LogP contribution in [0.3, 0.4) is 0 Å². The van der Waals surface area contributed by atoms with Crippen molar-refractivity contribution in [3.63, 3.8) is 0 Å². The van der Waals surface area contributed by atoms with Crippen molar-refractivity contribution in [2.75, 3.05) is 5.32 Å². The standard InChI is InChI=1S/C15H15F3N2OS/c1-9(2)13(21)20-14-19-8-12(22-14)7-10-3-5-11(6-4-10)15(16,17)18/h3-6,8-9H,7H2,1-2H3,(H,19,20,21). The van der Waals surface area contributed by atoms with Crippen molar-refractivity contribution in [2.24, 2.45) is 5.92 Å². The van der Waals surface area contributed by atoms with Crippen molar-refractivity contribution in [3.8, 4) is 0 Å². The van der Waals surface area contributed by atoms with E-state index < -0.39 is 11.7 Å². The minimum atomic E-state index is -4.32. The van der Waals surface area contributed by atoms with Gasteiger partial charge >= 0.3 is 6.18 Å². The predicted octanol–water partition coefficient (Wildman–Crippen LogP) is 4.35. The first-order chi connectivity index (χ1) is 10.3. The second-order valence-electron chi connectivity index (χ2n) is 5.15. The molecule has 1 N–H and O–H groups in total. The summed E-state index contributed by atoms with van der Waals surface area (Å²) in [5.41, 5.74) is 0.101. The zero-order chi connectivity index (χ0) is 16.3. The molecule has 0 atom stereocenters. The van der Waals surface area contributed by atoms with Gasteiger partial charge in [-0.25, -0.2) is 4.98 Å². The van der Waals surface area contributed by atoms with Crippen LogP contribution >= 0.6 is 11.3 Å². The second-order valence-corrected chi connectivity index (χ2v) is 6.26. The van der Waals surface area contributed by atoms with Crippen LogP contribution in [-0.2, 0) is 17.4 Å². The first-order valence-electron chi connectivity index (χ1n) is 6.67. The van der Waals surface area contributed by atoms with Crippen LogP contribution in [0.5, 0.6) is 0 Å². The number of hydrogen-bond donors (Lipinski definition) is 1. The molecule has 0 saturated carbocycles. The number of thiazole rings is 1. The number of carbonyl (C=O) groups is 1. The Morgan fingerprint density at radius 2 is 1.91 bits per heavy atom. The molecular weight excluding hydrogens is 313 g/mol. The summed E-state index contributed by atoms with van der Waals surface area (Å²) in [6, 6.07) is 5.04. The van der Waals surface area contributed by atoms with E-state index in [1.807, 2.05) is 0 Å². The Kier molecular flexibility index (Phi) is 4.85. The van der Waals surface area contributed by atoms with Gasteiger partial charge in [-0.3, -0.25) is 4.79 Å². The molecule has 0 unspecified atom stereocenters. The molecule has 0 saturated heterocycles. The van der Waals surface area contributed by atoms with Gasteiger partial charge in [-0.05, 0) is 17.7 Å². The third-order valence-electron chi connectivity index (χ3n) is 2.97. The molecule has 1 heterocycles. The molecule has 7 heteroatoms. The van der Waals surface area contributed by atoms with Gasteiger partial charge in [0, 0.05) is 23.4 Å². The number of alkyl halides is 3. The van der Waals surface area contributed by atoms with Gasteiger partial charge in [-0.15, -0.1) is 11.3 Å². The van der Waals surface area contributed by atoms with Crippen molar-refractivity contribution in [2.45, 2.75) is 26.4 Å². The minimum Gasteiger partial charge on any atom is -0.302 e. The fourth-order valence-corrected chi connectivity index (χ4v) is 2.56. The van der Waals surface area contributed by atoms with Gasteiger partial charge in [-0.2, -0.15) is 13.2 Å². The van der Waals surface area contributed by atoms with Crippen molar-refractivity contribution < 1.29 is 18.0 Å². The Labute approximate surface area is 130 Å². The van der Waals surface area contributed by atoms with Crippen LogP contribution in [-0.4, -0.2) is 10.9 Å². The van der Waals surface area contributed by atoms with E-state index in [1.54, 1.807) is 20.0 Å². The van der Waals surface area contributed by atoms with E-state index >= 15 is 0 Å². The largest absolute Gasteiger partial charge is 0.416 e. The lowest BCUT2D eigenvalue weighted by molar-refractivity contribution is -0.137. The Hall–Kier alpha value is -1.89. The van der Waals surface area contributed by atoms with Crippen LogP contribution in [0.2, 0.25) is 0 Å². The normalized spacial score (nSPS) is 11.7. The first-order valence-corrected chi connectivity index (χ1v) is 7.49. The molecule has 0 fully saturated rings. The van der Waals surface area contributed by atoms with E-state index in [4.69, 9.17) is 0 Å². The Balaban J connectivity index is 2.02. The maximum atomic E-state index is 12.5. The van der Waals surface area contributed by atoms with Crippen LogP contribution < -0.4 is 5.32 Å². The summed E-state index contributed by atoms with van der Waals surface area (Å²) < 4.78 is 37.5. The van der Waals surface area contributed by atoms with Gasteiger partial charge in [0.1, 0.15) is 0 Å². The van der Waals surface area contributed by atoms with E-state index in [1.165, 1.54) is 23.5 Å². The number of rotatable bonds is 4. The van der Waals surface area contributed by atoms with Crippen molar-refractivity contribution in [1.29, 1.82) is 0 Å². The monoisotopic (exact) mass is 328 g/mol. The lowest BCUT2D eigenvalue weighted by atomic mass is 10.1. The van der Waals surface area contributed by atoms with E-state index in [9.17, 15) is 18.0 Å². The van der Waals surface area contributed by atoms with Gasteiger partial charge in [-0.1, -0.05) is 26.0 Å². The highest BCUT2D eigenvalue weighted by molar-refractivity contribution is 7.15. The Morgan fingerprint density at radius 3 is 2.45 bits per heavy atom. The Bertz CT molecular complexity index is 648. The van der Waals surface area contributed by atoms with Crippen LogP contribution in [0.25, 0.3) is 0 Å². The third kappa shape index (κ3) is 4.30. The molecule has 1 aromatic heterocycles. The number of aromatic nitrogens is 1. The van der Waals surface area contributed by atoms with Crippen LogP contribution in [0, 0.1) is 5.92 Å². The number of hydrogen-bond acceptors (Lipinski definition) is 3. The van der Waals surface area contributed by atoms with Crippen molar-refractivity contribution >= 4 is 22.4 Å². The van der Waals surface area contributed by atoms with Crippen LogP contribution in [0.15, 0.2) is 30.5 Å². The summed E-state index contributed by atoms with van der Waals surface area (Å²) in [6.45, 7) is 3.57. The molecule has 1 aromatic carbocycles. The van der Waals surface area contributed by atoms with Crippen molar-refractivity contribution in [1.82, 2.24) is 4.98 Å². The van der Waals surface area contributed by atoms with E-state index in [0.29, 0.717) is 11.6 Å².